The highest BCUT2D eigenvalue weighted by Gasteiger charge is 2.42. The Labute approximate surface area is 132 Å². The summed E-state index contributed by atoms with van der Waals surface area (Å²) in [5.74, 6) is 1.15. The van der Waals surface area contributed by atoms with Crippen LogP contribution in [0.3, 0.4) is 0 Å². The van der Waals surface area contributed by atoms with Crippen LogP contribution in [0.2, 0.25) is 0 Å². The molecule has 2 bridgehead atoms. The zero-order valence-electron chi connectivity index (χ0n) is 13.2. The van der Waals surface area contributed by atoms with Crippen LogP contribution >= 0.6 is 0 Å². The average molecular weight is 297 g/mol. The molecule has 1 aromatic carbocycles. The fourth-order valence-corrected chi connectivity index (χ4v) is 4.14. The molecule has 3 fully saturated rings. The maximum Gasteiger partial charge on any atom is 0.227 e. The third-order valence-electron chi connectivity index (χ3n) is 5.39. The summed E-state index contributed by atoms with van der Waals surface area (Å²) >= 11 is 0. The van der Waals surface area contributed by atoms with Crippen molar-refractivity contribution >= 4 is 5.91 Å². The highest BCUT2D eigenvalue weighted by Crippen LogP contribution is 2.44. The Balaban J connectivity index is 1.45. The second kappa shape index (κ2) is 5.45. The predicted octanol–water partition coefficient (Wildman–Crippen LogP) is 3.48. The number of benzene rings is 1. The summed E-state index contributed by atoms with van der Waals surface area (Å²) in [6.45, 7) is 0. The molecule has 0 radical (unpaired) electrons. The molecule has 2 unspecified atom stereocenters. The van der Waals surface area contributed by atoms with Crippen LogP contribution in [-0.2, 0) is 11.2 Å². The van der Waals surface area contributed by atoms with Crippen molar-refractivity contribution in [1.82, 2.24) is 4.90 Å². The number of piperidine rings is 1. The molecule has 0 aromatic heterocycles. The van der Waals surface area contributed by atoms with Gasteiger partial charge < -0.3 is 9.64 Å². The molecule has 2 saturated heterocycles. The van der Waals surface area contributed by atoms with E-state index in [-0.39, 0.29) is 0 Å². The lowest BCUT2D eigenvalue weighted by Gasteiger charge is -2.36. The summed E-state index contributed by atoms with van der Waals surface area (Å²) in [6.07, 6.45) is 7.80. The van der Waals surface area contributed by atoms with Crippen LogP contribution in [0.15, 0.2) is 35.4 Å². The molecule has 1 aromatic rings. The van der Waals surface area contributed by atoms with Gasteiger partial charge in [-0.2, -0.15) is 0 Å². The van der Waals surface area contributed by atoms with Gasteiger partial charge in [0.2, 0.25) is 5.91 Å². The van der Waals surface area contributed by atoms with Crippen LogP contribution in [0.5, 0.6) is 5.75 Å². The minimum absolute atomic E-state index is 0.303. The van der Waals surface area contributed by atoms with Crippen molar-refractivity contribution in [3.63, 3.8) is 0 Å². The minimum atomic E-state index is 0.303. The molecule has 2 heterocycles. The Kier molecular flexibility index (Phi) is 3.44. The van der Waals surface area contributed by atoms with Crippen molar-refractivity contribution in [3.8, 4) is 5.75 Å². The Morgan fingerprint density at radius 2 is 1.73 bits per heavy atom. The third-order valence-corrected chi connectivity index (χ3v) is 5.39. The molecule has 0 spiro atoms. The number of carbonyl (C=O) groups is 1. The molecule has 2 aliphatic heterocycles. The lowest BCUT2D eigenvalue weighted by Crippen LogP contribution is -2.45. The van der Waals surface area contributed by atoms with Gasteiger partial charge in [0.1, 0.15) is 5.75 Å². The zero-order valence-corrected chi connectivity index (χ0v) is 13.2. The fraction of sp³-hybridized carbons (Fsp3) is 0.526. The van der Waals surface area contributed by atoms with Crippen molar-refractivity contribution in [1.29, 1.82) is 0 Å². The van der Waals surface area contributed by atoms with Crippen molar-refractivity contribution in [3.05, 3.63) is 41.0 Å². The minimum Gasteiger partial charge on any atom is -0.497 e. The van der Waals surface area contributed by atoms with Crippen molar-refractivity contribution in [2.24, 2.45) is 0 Å². The first-order valence-corrected chi connectivity index (χ1v) is 8.38. The molecule has 2 atom stereocenters. The van der Waals surface area contributed by atoms with Crippen molar-refractivity contribution < 1.29 is 9.53 Å². The quantitative estimate of drug-likeness (QED) is 0.799. The fourth-order valence-electron chi connectivity index (χ4n) is 4.14. The molecular formula is C19H23NO2. The number of fused-ring (bicyclic) bond motifs is 2. The van der Waals surface area contributed by atoms with E-state index in [0.717, 1.165) is 24.2 Å². The molecule has 22 heavy (non-hydrogen) atoms. The molecule has 3 aliphatic rings. The summed E-state index contributed by atoms with van der Waals surface area (Å²) < 4.78 is 5.17. The molecule has 116 valence electrons. The number of hydrogen-bond acceptors (Lipinski definition) is 2. The standard InChI is InChI=1S/C19H23NO2/c1-22-18-8-2-13(3-9-18)10-19(21)20-16-6-7-17(20)12-15(11-16)14-4-5-14/h2-3,8-9,16-17H,4-7,10-12H2,1H3. The van der Waals surface area contributed by atoms with Crippen molar-refractivity contribution in [2.75, 3.05) is 7.11 Å². The lowest BCUT2D eigenvalue weighted by atomic mass is 9.95. The van der Waals surface area contributed by atoms with Gasteiger partial charge in [-0.1, -0.05) is 23.3 Å². The molecule has 1 saturated carbocycles. The zero-order chi connectivity index (χ0) is 15.1. The summed E-state index contributed by atoms with van der Waals surface area (Å²) in [6, 6.07) is 8.80. The lowest BCUT2D eigenvalue weighted by molar-refractivity contribution is -0.134. The van der Waals surface area contributed by atoms with Gasteiger partial charge in [0.25, 0.3) is 0 Å². The Bertz CT molecular complexity index is 595. The van der Waals surface area contributed by atoms with Gasteiger partial charge >= 0.3 is 0 Å². The van der Waals surface area contributed by atoms with Gasteiger partial charge in [0, 0.05) is 12.1 Å². The summed E-state index contributed by atoms with van der Waals surface area (Å²) in [7, 11) is 1.66. The van der Waals surface area contributed by atoms with Crippen LogP contribution in [0.25, 0.3) is 0 Å². The van der Waals surface area contributed by atoms with E-state index in [1.54, 1.807) is 18.3 Å². The first-order chi connectivity index (χ1) is 10.7. The molecule has 0 N–H and O–H groups in total. The van der Waals surface area contributed by atoms with Gasteiger partial charge in [-0.15, -0.1) is 0 Å². The molecule has 1 amide bonds. The van der Waals surface area contributed by atoms with Crippen molar-refractivity contribution in [2.45, 2.75) is 57.0 Å². The van der Waals surface area contributed by atoms with Crippen LogP contribution in [0, 0.1) is 0 Å². The second-order valence-electron chi connectivity index (χ2n) is 6.83. The number of allylic oxidation sites excluding steroid dienone is 1. The third kappa shape index (κ3) is 2.53. The number of nitrogens with zero attached hydrogens (tertiary/aromatic N) is 1. The van der Waals surface area contributed by atoms with Crippen LogP contribution in [0.4, 0.5) is 0 Å². The topological polar surface area (TPSA) is 29.5 Å². The van der Waals surface area contributed by atoms with Gasteiger partial charge in [-0.25, -0.2) is 0 Å². The molecule has 3 nitrogen and oxygen atoms in total. The smallest absolute Gasteiger partial charge is 0.227 e. The Morgan fingerprint density at radius 3 is 2.27 bits per heavy atom. The number of rotatable bonds is 3. The summed E-state index contributed by atoms with van der Waals surface area (Å²) in [5.41, 5.74) is 4.46. The van der Waals surface area contributed by atoms with Crippen LogP contribution < -0.4 is 4.74 Å². The summed E-state index contributed by atoms with van der Waals surface area (Å²) in [5, 5.41) is 0. The Morgan fingerprint density at radius 1 is 1.09 bits per heavy atom. The normalized spacial score (nSPS) is 26.3. The van der Waals surface area contributed by atoms with E-state index in [0.29, 0.717) is 24.4 Å². The maximum atomic E-state index is 12.8. The Hall–Kier alpha value is -1.77. The van der Waals surface area contributed by atoms with E-state index in [1.165, 1.54) is 25.7 Å². The van der Waals surface area contributed by atoms with E-state index < -0.39 is 0 Å². The van der Waals surface area contributed by atoms with E-state index in [9.17, 15) is 4.79 Å². The number of carbonyl (C=O) groups excluding carboxylic acids is 1. The summed E-state index contributed by atoms with van der Waals surface area (Å²) in [4.78, 5) is 15.0. The van der Waals surface area contributed by atoms with Gasteiger partial charge in [-0.3, -0.25) is 4.79 Å². The average Bonchev–Trinajstić information content (AvgIpc) is 3.34. The molecular weight excluding hydrogens is 274 g/mol. The van der Waals surface area contributed by atoms with Gasteiger partial charge in [-0.05, 0) is 56.2 Å². The first-order valence-electron chi connectivity index (χ1n) is 8.38. The second-order valence-corrected chi connectivity index (χ2v) is 6.83. The number of methoxy groups -OCH3 is 1. The van der Waals surface area contributed by atoms with E-state index in [1.807, 2.05) is 24.3 Å². The molecule has 3 heteroatoms. The molecule has 1 aliphatic carbocycles. The first kappa shape index (κ1) is 13.9. The van der Waals surface area contributed by atoms with Gasteiger partial charge in [0.05, 0.1) is 13.5 Å². The number of amides is 1. The van der Waals surface area contributed by atoms with E-state index in [4.69, 9.17) is 4.74 Å². The number of hydrogen-bond donors (Lipinski definition) is 0. The largest absolute Gasteiger partial charge is 0.497 e. The SMILES string of the molecule is COc1ccc(CC(=O)N2C3CCC2CC(=C2CC2)C3)cc1. The van der Waals surface area contributed by atoms with Gasteiger partial charge in [0.15, 0.2) is 0 Å². The van der Waals surface area contributed by atoms with E-state index in [2.05, 4.69) is 4.90 Å². The maximum absolute atomic E-state index is 12.8. The van der Waals surface area contributed by atoms with Crippen LogP contribution in [0.1, 0.15) is 44.1 Å². The number of ether oxygens (including phenoxy) is 1. The highest BCUT2D eigenvalue weighted by atomic mass is 16.5. The monoisotopic (exact) mass is 297 g/mol. The predicted molar refractivity (Wildman–Crippen MR) is 85.8 cm³/mol. The van der Waals surface area contributed by atoms with Crippen LogP contribution in [-0.4, -0.2) is 30.0 Å². The highest BCUT2D eigenvalue weighted by molar-refractivity contribution is 5.80. The van der Waals surface area contributed by atoms with E-state index >= 15 is 0 Å². The molecule has 4 rings (SSSR count).